The number of aliphatic hydroxyl groups is 1. The lowest BCUT2D eigenvalue weighted by atomic mass is 9.90. The average Bonchev–Trinajstić information content (AvgIpc) is 2.51. The first-order chi connectivity index (χ1) is 10.5. The summed E-state index contributed by atoms with van der Waals surface area (Å²) in [5.41, 5.74) is 0.474. The van der Waals surface area contributed by atoms with Gasteiger partial charge in [0, 0.05) is 6.54 Å². The Hall–Kier alpha value is -1.43. The van der Waals surface area contributed by atoms with Crippen LogP contribution in [0.1, 0.15) is 32.1 Å². The highest BCUT2D eigenvalue weighted by molar-refractivity contribution is 5.56. The number of benzene rings is 1. The molecule has 2 N–H and O–H groups in total. The summed E-state index contributed by atoms with van der Waals surface area (Å²) in [6.07, 6.45) is -1.03. The van der Waals surface area contributed by atoms with Crippen LogP contribution in [0.3, 0.4) is 0 Å². The number of rotatable bonds is 6. The number of halogens is 3. The van der Waals surface area contributed by atoms with Crippen molar-refractivity contribution in [1.82, 2.24) is 0 Å². The van der Waals surface area contributed by atoms with E-state index in [0.29, 0.717) is 24.0 Å². The van der Waals surface area contributed by atoms with Crippen LogP contribution in [0, 0.1) is 5.92 Å². The number of ether oxygens (including phenoxy) is 1. The highest BCUT2D eigenvalue weighted by Crippen LogP contribution is 2.28. The van der Waals surface area contributed by atoms with E-state index in [1.807, 2.05) is 0 Å². The molecule has 1 saturated carbocycles. The summed E-state index contributed by atoms with van der Waals surface area (Å²) in [6, 6.07) is 6.88. The van der Waals surface area contributed by atoms with Gasteiger partial charge in [0.25, 0.3) is 0 Å². The van der Waals surface area contributed by atoms with Gasteiger partial charge in [-0.05, 0) is 30.9 Å². The minimum absolute atomic E-state index is 0.474. The van der Waals surface area contributed by atoms with E-state index in [1.165, 1.54) is 19.3 Å². The third kappa shape index (κ3) is 5.09. The molecule has 0 aromatic heterocycles. The molecule has 1 aliphatic carbocycles. The Balaban J connectivity index is 1.89. The predicted molar refractivity (Wildman–Crippen MR) is 79.1 cm³/mol. The molecule has 6 heteroatoms. The second kappa shape index (κ2) is 7.72. The van der Waals surface area contributed by atoms with Crippen molar-refractivity contribution in [3.05, 3.63) is 24.3 Å². The molecule has 2 rings (SSSR count). The first-order valence-corrected chi connectivity index (χ1v) is 7.67. The number of aliphatic hydroxyl groups excluding tert-OH is 1. The lowest BCUT2D eigenvalue weighted by molar-refractivity contribution is -0.198. The molecule has 3 nitrogen and oxygen atoms in total. The van der Waals surface area contributed by atoms with Crippen molar-refractivity contribution >= 4 is 5.69 Å². The van der Waals surface area contributed by atoms with E-state index in [1.54, 1.807) is 24.3 Å². The van der Waals surface area contributed by atoms with E-state index in [0.717, 1.165) is 12.8 Å². The van der Waals surface area contributed by atoms with Gasteiger partial charge in [0.15, 0.2) is 6.10 Å². The summed E-state index contributed by atoms with van der Waals surface area (Å²) < 4.78 is 42.7. The zero-order valence-corrected chi connectivity index (χ0v) is 12.4. The van der Waals surface area contributed by atoms with Crippen LogP contribution >= 0.6 is 0 Å². The lowest BCUT2D eigenvalue weighted by Gasteiger charge is -2.23. The van der Waals surface area contributed by atoms with Gasteiger partial charge in [0.05, 0.1) is 12.3 Å². The number of alkyl halides is 3. The van der Waals surface area contributed by atoms with Gasteiger partial charge in [-0.25, -0.2) is 0 Å². The van der Waals surface area contributed by atoms with Gasteiger partial charge in [0.1, 0.15) is 5.75 Å². The van der Waals surface area contributed by atoms with Gasteiger partial charge in [-0.15, -0.1) is 0 Å². The Bertz CT molecular complexity index is 459. The maximum absolute atomic E-state index is 12.3. The van der Waals surface area contributed by atoms with Crippen molar-refractivity contribution in [2.45, 2.75) is 44.4 Å². The molecule has 0 heterocycles. The Kier molecular flexibility index (Phi) is 5.94. The molecule has 1 aromatic rings. The third-order valence-corrected chi connectivity index (χ3v) is 3.95. The highest BCUT2D eigenvalue weighted by Gasteiger charge is 2.37. The lowest BCUT2D eigenvalue weighted by Crippen LogP contribution is -2.35. The number of hydrogen-bond donors (Lipinski definition) is 2. The third-order valence-electron chi connectivity index (χ3n) is 3.95. The Morgan fingerprint density at radius 1 is 1.18 bits per heavy atom. The van der Waals surface area contributed by atoms with Crippen LogP contribution in [0.2, 0.25) is 0 Å². The molecule has 1 atom stereocenters. The molecule has 0 bridgehead atoms. The molecule has 1 aromatic carbocycles. The maximum Gasteiger partial charge on any atom is 0.416 e. The Morgan fingerprint density at radius 3 is 2.55 bits per heavy atom. The molecule has 1 fully saturated rings. The molecular formula is C16H22F3NO2. The van der Waals surface area contributed by atoms with Crippen molar-refractivity contribution in [3.63, 3.8) is 0 Å². The monoisotopic (exact) mass is 317 g/mol. The van der Waals surface area contributed by atoms with Crippen molar-refractivity contribution in [2.24, 2.45) is 5.92 Å². The van der Waals surface area contributed by atoms with Crippen molar-refractivity contribution < 1.29 is 23.0 Å². The average molecular weight is 317 g/mol. The van der Waals surface area contributed by atoms with Gasteiger partial charge in [-0.2, -0.15) is 13.2 Å². The fourth-order valence-electron chi connectivity index (χ4n) is 2.62. The molecule has 1 unspecified atom stereocenters. The SMILES string of the molecule is OC(CNc1ccccc1OCC1CCCCC1)C(F)(F)F. The largest absolute Gasteiger partial charge is 0.491 e. The van der Waals surface area contributed by atoms with Gasteiger partial charge >= 0.3 is 6.18 Å². The van der Waals surface area contributed by atoms with Crippen LogP contribution < -0.4 is 10.1 Å². The molecular weight excluding hydrogens is 295 g/mol. The van der Waals surface area contributed by atoms with Crippen LogP contribution in [0.4, 0.5) is 18.9 Å². The summed E-state index contributed by atoms with van der Waals surface area (Å²) in [6.45, 7) is -0.00613. The van der Waals surface area contributed by atoms with Gasteiger partial charge in [-0.1, -0.05) is 31.4 Å². The summed E-state index contributed by atoms with van der Waals surface area (Å²) >= 11 is 0. The second-order valence-corrected chi connectivity index (χ2v) is 5.75. The normalized spacial score (nSPS) is 18.0. The predicted octanol–water partition coefficient (Wildman–Crippen LogP) is 3.98. The summed E-state index contributed by atoms with van der Waals surface area (Å²) in [4.78, 5) is 0. The van der Waals surface area contributed by atoms with E-state index in [-0.39, 0.29) is 0 Å². The van der Waals surface area contributed by atoms with E-state index in [2.05, 4.69) is 5.32 Å². The summed E-state index contributed by atoms with van der Waals surface area (Å²) in [7, 11) is 0. The molecule has 0 spiro atoms. The van der Waals surface area contributed by atoms with Gasteiger partial charge in [-0.3, -0.25) is 0 Å². The summed E-state index contributed by atoms with van der Waals surface area (Å²) in [5.74, 6) is 1.05. The first kappa shape index (κ1) is 16.9. The molecule has 0 saturated heterocycles. The van der Waals surface area contributed by atoms with Crippen molar-refractivity contribution in [1.29, 1.82) is 0 Å². The van der Waals surface area contributed by atoms with E-state index >= 15 is 0 Å². The van der Waals surface area contributed by atoms with Gasteiger partial charge in [0.2, 0.25) is 0 Å². The number of nitrogens with one attached hydrogen (secondary N) is 1. The standard InChI is InChI=1S/C16H22F3NO2/c17-16(18,19)15(21)10-20-13-8-4-5-9-14(13)22-11-12-6-2-1-3-7-12/h4-5,8-9,12,15,20-21H,1-3,6-7,10-11H2. The molecule has 22 heavy (non-hydrogen) atoms. The summed E-state index contributed by atoms with van der Waals surface area (Å²) in [5, 5.41) is 11.7. The fourth-order valence-corrected chi connectivity index (χ4v) is 2.62. The topological polar surface area (TPSA) is 41.5 Å². The van der Waals surface area contributed by atoms with Gasteiger partial charge < -0.3 is 15.2 Å². The van der Waals surface area contributed by atoms with Crippen LogP contribution in [0.25, 0.3) is 0 Å². The number of anilines is 1. The Labute approximate surface area is 128 Å². The molecule has 0 radical (unpaired) electrons. The van der Waals surface area contributed by atoms with Crippen LogP contribution in [-0.4, -0.2) is 30.5 Å². The van der Waals surface area contributed by atoms with Crippen molar-refractivity contribution in [2.75, 3.05) is 18.5 Å². The number of para-hydroxylation sites is 2. The smallest absolute Gasteiger partial charge is 0.416 e. The number of hydrogen-bond acceptors (Lipinski definition) is 3. The molecule has 1 aliphatic rings. The molecule has 0 amide bonds. The zero-order chi connectivity index (χ0) is 16.0. The van der Waals surface area contributed by atoms with E-state index < -0.39 is 18.8 Å². The van der Waals surface area contributed by atoms with Crippen LogP contribution in [-0.2, 0) is 0 Å². The van der Waals surface area contributed by atoms with E-state index in [9.17, 15) is 13.2 Å². The van der Waals surface area contributed by atoms with Crippen LogP contribution in [0.5, 0.6) is 5.75 Å². The van der Waals surface area contributed by atoms with E-state index in [4.69, 9.17) is 9.84 Å². The fraction of sp³-hybridized carbons (Fsp3) is 0.625. The van der Waals surface area contributed by atoms with Crippen LogP contribution in [0.15, 0.2) is 24.3 Å². The zero-order valence-electron chi connectivity index (χ0n) is 12.4. The van der Waals surface area contributed by atoms with Crippen molar-refractivity contribution in [3.8, 4) is 5.75 Å². The highest BCUT2D eigenvalue weighted by atomic mass is 19.4. The first-order valence-electron chi connectivity index (χ1n) is 7.67. The minimum atomic E-state index is -4.62. The molecule has 124 valence electrons. The second-order valence-electron chi connectivity index (χ2n) is 5.75. The maximum atomic E-state index is 12.3. The quantitative estimate of drug-likeness (QED) is 0.834. The minimum Gasteiger partial charge on any atom is -0.491 e. The Morgan fingerprint density at radius 2 is 1.86 bits per heavy atom. The molecule has 0 aliphatic heterocycles.